The maximum absolute atomic E-state index is 11.0. The second-order valence-corrected chi connectivity index (χ2v) is 4.44. The van der Waals surface area contributed by atoms with E-state index in [2.05, 4.69) is 13.8 Å². The zero-order valence-electron chi connectivity index (χ0n) is 12.4. The number of hydrogen-bond acceptors (Lipinski definition) is 3. The highest BCUT2D eigenvalue weighted by Crippen LogP contribution is 2.14. The predicted octanol–water partition coefficient (Wildman–Crippen LogP) is 4.03. The third-order valence-electron chi connectivity index (χ3n) is 3.02. The van der Waals surface area contributed by atoms with E-state index in [1.807, 2.05) is 37.3 Å². The Morgan fingerprint density at radius 1 is 1.16 bits per heavy atom. The Bertz CT molecular complexity index is 321. The number of hydrogen-bond donors (Lipinski definition) is 1. The number of nitrogen functional groups attached to an aromatic ring is 1. The van der Waals surface area contributed by atoms with Crippen LogP contribution in [0.4, 0.5) is 5.69 Å². The number of carbonyl (C=O) groups excluding carboxylic acids is 1. The molecule has 0 saturated heterocycles. The van der Waals surface area contributed by atoms with E-state index in [-0.39, 0.29) is 5.97 Å². The van der Waals surface area contributed by atoms with Crippen LogP contribution < -0.4 is 5.73 Å². The first kappa shape index (κ1) is 17.5. The summed E-state index contributed by atoms with van der Waals surface area (Å²) in [5.74, 6) is 0.638. The Hall–Kier alpha value is -1.51. The third-order valence-corrected chi connectivity index (χ3v) is 3.02. The van der Waals surface area contributed by atoms with Crippen molar-refractivity contribution in [3.63, 3.8) is 0 Å². The molecule has 0 saturated carbocycles. The van der Waals surface area contributed by atoms with Gasteiger partial charge in [0.05, 0.1) is 6.61 Å². The average Bonchev–Trinajstić information content (AvgIpc) is 2.42. The molecule has 0 aliphatic rings. The van der Waals surface area contributed by atoms with Crippen molar-refractivity contribution in [2.45, 2.75) is 46.5 Å². The van der Waals surface area contributed by atoms with Gasteiger partial charge in [-0.25, -0.2) is 0 Å². The van der Waals surface area contributed by atoms with Gasteiger partial charge in [-0.05, 0) is 31.4 Å². The van der Waals surface area contributed by atoms with Crippen molar-refractivity contribution >= 4 is 11.7 Å². The quantitative estimate of drug-likeness (QED) is 0.624. The van der Waals surface area contributed by atoms with E-state index in [0.29, 0.717) is 18.9 Å². The zero-order valence-corrected chi connectivity index (χ0v) is 12.4. The largest absolute Gasteiger partial charge is 0.466 e. The highest BCUT2D eigenvalue weighted by molar-refractivity contribution is 5.69. The maximum Gasteiger partial charge on any atom is 0.305 e. The van der Waals surface area contributed by atoms with Crippen LogP contribution in [0.3, 0.4) is 0 Å². The van der Waals surface area contributed by atoms with E-state index in [4.69, 9.17) is 10.5 Å². The average molecular weight is 265 g/mol. The topological polar surface area (TPSA) is 52.3 Å². The van der Waals surface area contributed by atoms with Crippen LogP contribution in [0.25, 0.3) is 0 Å². The van der Waals surface area contributed by atoms with Gasteiger partial charge >= 0.3 is 5.97 Å². The standard InChI is InChI=1S/C10H20O2.C6H7N/c1-4-9(5-2)7-8-10(11)12-6-3;7-6-4-2-1-3-5-6/h9H,4-8H2,1-3H3;1-5H,7H2. The molecule has 19 heavy (non-hydrogen) atoms. The van der Waals surface area contributed by atoms with Crippen LogP contribution in [0.1, 0.15) is 46.5 Å². The summed E-state index contributed by atoms with van der Waals surface area (Å²) in [4.78, 5) is 11.0. The summed E-state index contributed by atoms with van der Waals surface area (Å²) in [6.07, 6.45) is 3.89. The van der Waals surface area contributed by atoms with E-state index in [9.17, 15) is 4.79 Å². The van der Waals surface area contributed by atoms with E-state index >= 15 is 0 Å². The van der Waals surface area contributed by atoms with Crippen molar-refractivity contribution in [3.8, 4) is 0 Å². The summed E-state index contributed by atoms with van der Waals surface area (Å²) in [6, 6.07) is 9.49. The molecule has 0 amide bonds. The van der Waals surface area contributed by atoms with Crippen LogP contribution in [-0.4, -0.2) is 12.6 Å². The normalized spacial score (nSPS) is 9.68. The minimum atomic E-state index is -0.0515. The minimum absolute atomic E-state index is 0.0515. The molecule has 0 aliphatic carbocycles. The number of anilines is 1. The van der Waals surface area contributed by atoms with Gasteiger partial charge in [0.2, 0.25) is 0 Å². The molecule has 0 heterocycles. The Labute approximate surface area is 117 Å². The summed E-state index contributed by atoms with van der Waals surface area (Å²) < 4.78 is 4.84. The molecule has 1 aromatic carbocycles. The number of ether oxygens (including phenoxy) is 1. The van der Waals surface area contributed by atoms with Crippen molar-refractivity contribution < 1.29 is 9.53 Å². The van der Waals surface area contributed by atoms with Crippen molar-refractivity contribution in [1.29, 1.82) is 0 Å². The second-order valence-electron chi connectivity index (χ2n) is 4.44. The van der Waals surface area contributed by atoms with Gasteiger partial charge in [0.1, 0.15) is 0 Å². The molecule has 1 rings (SSSR count). The molecule has 1 aromatic rings. The Balaban J connectivity index is 0.000000388. The summed E-state index contributed by atoms with van der Waals surface area (Å²) in [5.41, 5.74) is 6.18. The van der Waals surface area contributed by atoms with Crippen LogP contribution in [0.5, 0.6) is 0 Å². The molecule has 0 aliphatic heterocycles. The van der Waals surface area contributed by atoms with Crippen molar-refractivity contribution in [1.82, 2.24) is 0 Å². The number of benzene rings is 1. The van der Waals surface area contributed by atoms with Gasteiger partial charge < -0.3 is 10.5 Å². The van der Waals surface area contributed by atoms with Crippen LogP contribution in [0.15, 0.2) is 30.3 Å². The molecule has 0 radical (unpaired) electrons. The zero-order chi connectivity index (χ0) is 14.5. The molecular formula is C16H27NO2. The van der Waals surface area contributed by atoms with E-state index in [0.717, 1.165) is 24.9 Å². The smallest absolute Gasteiger partial charge is 0.305 e. The fourth-order valence-corrected chi connectivity index (χ4v) is 1.71. The van der Waals surface area contributed by atoms with Crippen molar-refractivity contribution in [3.05, 3.63) is 30.3 Å². The van der Waals surface area contributed by atoms with Gasteiger partial charge in [-0.15, -0.1) is 0 Å². The van der Waals surface area contributed by atoms with Crippen LogP contribution in [0, 0.1) is 5.92 Å². The first-order valence-electron chi connectivity index (χ1n) is 7.10. The number of para-hydroxylation sites is 1. The second kappa shape index (κ2) is 11.6. The van der Waals surface area contributed by atoms with E-state index in [1.54, 1.807) is 0 Å². The van der Waals surface area contributed by atoms with Crippen molar-refractivity contribution in [2.24, 2.45) is 5.92 Å². The van der Waals surface area contributed by atoms with Gasteiger partial charge in [-0.2, -0.15) is 0 Å². The van der Waals surface area contributed by atoms with Crippen LogP contribution >= 0.6 is 0 Å². The van der Waals surface area contributed by atoms with Gasteiger partial charge in [0, 0.05) is 12.1 Å². The molecule has 3 heteroatoms. The lowest BCUT2D eigenvalue weighted by Gasteiger charge is -2.10. The highest BCUT2D eigenvalue weighted by atomic mass is 16.5. The van der Waals surface area contributed by atoms with Crippen molar-refractivity contribution in [2.75, 3.05) is 12.3 Å². The number of rotatable bonds is 6. The molecule has 0 atom stereocenters. The van der Waals surface area contributed by atoms with Gasteiger partial charge in [-0.1, -0.05) is 44.9 Å². The van der Waals surface area contributed by atoms with E-state index < -0.39 is 0 Å². The molecule has 0 aromatic heterocycles. The lowest BCUT2D eigenvalue weighted by atomic mass is 9.98. The maximum atomic E-state index is 11.0. The molecular weight excluding hydrogens is 238 g/mol. The SMILES string of the molecule is CCOC(=O)CCC(CC)CC.Nc1ccccc1. The fraction of sp³-hybridized carbons (Fsp3) is 0.562. The summed E-state index contributed by atoms with van der Waals surface area (Å²) in [5, 5.41) is 0. The Morgan fingerprint density at radius 3 is 2.11 bits per heavy atom. The Morgan fingerprint density at radius 2 is 1.74 bits per heavy atom. The first-order valence-corrected chi connectivity index (χ1v) is 7.10. The van der Waals surface area contributed by atoms with Gasteiger partial charge in [0.25, 0.3) is 0 Å². The molecule has 108 valence electrons. The molecule has 0 spiro atoms. The molecule has 2 N–H and O–H groups in total. The summed E-state index contributed by atoms with van der Waals surface area (Å²) in [6.45, 7) is 6.68. The van der Waals surface area contributed by atoms with E-state index in [1.165, 1.54) is 0 Å². The first-order chi connectivity index (χ1) is 9.13. The Kier molecular flexibility index (Phi) is 10.7. The third kappa shape index (κ3) is 10.1. The lowest BCUT2D eigenvalue weighted by Crippen LogP contribution is -2.07. The number of nitrogens with two attached hydrogens (primary N) is 1. The molecule has 0 bridgehead atoms. The minimum Gasteiger partial charge on any atom is -0.466 e. The van der Waals surface area contributed by atoms with Gasteiger partial charge in [-0.3, -0.25) is 4.79 Å². The summed E-state index contributed by atoms with van der Waals surface area (Å²) in [7, 11) is 0. The fourth-order valence-electron chi connectivity index (χ4n) is 1.71. The predicted molar refractivity (Wildman–Crippen MR) is 80.8 cm³/mol. The molecule has 3 nitrogen and oxygen atoms in total. The van der Waals surface area contributed by atoms with Crippen LogP contribution in [-0.2, 0) is 9.53 Å². The van der Waals surface area contributed by atoms with Gasteiger partial charge in [0.15, 0.2) is 0 Å². The van der Waals surface area contributed by atoms with Crippen LogP contribution in [0.2, 0.25) is 0 Å². The monoisotopic (exact) mass is 265 g/mol. The number of carbonyl (C=O) groups is 1. The number of esters is 1. The molecule has 0 fully saturated rings. The molecule has 0 unspecified atom stereocenters. The lowest BCUT2D eigenvalue weighted by molar-refractivity contribution is -0.143. The highest BCUT2D eigenvalue weighted by Gasteiger charge is 2.07. The summed E-state index contributed by atoms with van der Waals surface area (Å²) >= 11 is 0.